The van der Waals surface area contributed by atoms with E-state index in [-0.39, 0.29) is 12.1 Å². The monoisotopic (exact) mass is 330 g/mol. The van der Waals surface area contributed by atoms with Crippen molar-refractivity contribution in [2.24, 2.45) is 0 Å². The molecule has 6 heteroatoms. The van der Waals surface area contributed by atoms with E-state index < -0.39 is 17.6 Å². The molecule has 3 rings (SSSR count). The lowest BCUT2D eigenvalue weighted by Crippen LogP contribution is -2.15. The summed E-state index contributed by atoms with van der Waals surface area (Å²) in [7, 11) is 0. The van der Waals surface area contributed by atoms with Crippen molar-refractivity contribution in [1.29, 1.82) is 0 Å². The number of alkyl halides is 3. The lowest BCUT2D eigenvalue weighted by Gasteiger charge is -2.10. The van der Waals surface area contributed by atoms with Crippen molar-refractivity contribution in [3.8, 4) is 0 Å². The molecule has 24 heavy (non-hydrogen) atoms. The van der Waals surface area contributed by atoms with Crippen LogP contribution in [-0.4, -0.2) is 10.9 Å². The van der Waals surface area contributed by atoms with Crippen molar-refractivity contribution in [1.82, 2.24) is 4.98 Å². The molecular formula is C18H13F3N2O. The van der Waals surface area contributed by atoms with Crippen molar-refractivity contribution in [3.05, 3.63) is 71.9 Å². The van der Waals surface area contributed by atoms with Gasteiger partial charge in [0.05, 0.1) is 17.5 Å². The summed E-state index contributed by atoms with van der Waals surface area (Å²) in [6, 6.07) is 13.7. The fourth-order valence-corrected chi connectivity index (χ4v) is 2.46. The number of pyridine rings is 1. The number of amides is 1. The van der Waals surface area contributed by atoms with Crippen LogP contribution >= 0.6 is 0 Å². The topological polar surface area (TPSA) is 42.0 Å². The van der Waals surface area contributed by atoms with Crippen LogP contribution in [0.3, 0.4) is 0 Å². The molecule has 0 saturated carbocycles. The maximum absolute atomic E-state index is 12.7. The maximum Gasteiger partial charge on any atom is 0.416 e. The first-order valence-electron chi connectivity index (χ1n) is 7.23. The van der Waals surface area contributed by atoms with Crippen molar-refractivity contribution in [2.45, 2.75) is 12.6 Å². The molecule has 0 saturated heterocycles. The zero-order valence-corrected chi connectivity index (χ0v) is 12.5. The van der Waals surface area contributed by atoms with Crippen molar-refractivity contribution in [3.63, 3.8) is 0 Å². The summed E-state index contributed by atoms with van der Waals surface area (Å²) in [6.45, 7) is 0. The number of nitrogens with one attached hydrogen (secondary N) is 1. The summed E-state index contributed by atoms with van der Waals surface area (Å²) < 4.78 is 38.1. The molecule has 1 N–H and O–H groups in total. The Morgan fingerprint density at radius 1 is 1.04 bits per heavy atom. The standard InChI is InChI=1S/C18H13F3N2O/c19-18(20,21)14-7-2-8-15(11-14)23-16(24)10-13-5-1-4-12-6-3-9-22-17(12)13/h1-9,11H,10H2,(H,23,24). The molecule has 0 atom stereocenters. The highest BCUT2D eigenvalue weighted by Gasteiger charge is 2.30. The van der Waals surface area contributed by atoms with E-state index in [1.165, 1.54) is 12.1 Å². The highest BCUT2D eigenvalue weighted by molar-refractivity contribution is 5.95. The molecule has 3 aromatic rings. The molecule has 0 aliphatic heterocycles. The van der Waals surface area contributed by atoms with E-state index in [2.05, 4.69) is 10.3 Å². The lowest BCUT2D eigenvalue weighted by molar-refractivity contribution is -0.137. The van der Waals surface area contributed by atoms with Gasteiger partial charge in [0.2, 0.25) is 5.91 Å². The molecule has 0 radical (unpaired) electrons. The molecule has 0 aliphatic carbocycles. The van der Waals surface area contributed by atoms with E-state index in [0.717, 1.165) is 23.1 Å². The van der Waals surface area contributed by atoms with Crippen LogP contribution in [0.1, 0.15) is 11.1 Å². The van der Waals surface area contributed by atoms with E-state index in [9.17, 15) is 18.0 Å². The smallest absolute Gasteiger partial charge is 0.326 e. The number of para-hydroxylation sites is 1. The average molecular weight is 330 g/mol. The Balaban J connectivity index is 1.78. The molecule has 1 amide bonds. The van der Waals surface area contributed by atoms with Gasteiger partial charge in [-0.15, -0.1) is 0 Å². The number of hydrogen-bond acceptors (Lipinski definition) is 2. The number of rotatable bonds is 3. The summed E-state index contributed by atoms with van der Waals surface area (Å²) in [5.41, 5.74) is 0.743. The van der Waals surface area contributed by atoms with Gasteiger partial charge in [-0.05, 0) is 29.8 Å². The van der Waals surface area contributed by atoms with Crippen LogP contribution in [0.15, 0.2) is 60.8 Å². The fraction of sp³-hybridized carbons (Fsp3) is 0.111. The first-order chi connectivity index (χ1) is 11.4. The Hall–Kier alpha value is -2.89. The number of hydrogen-bond donors (Lipinski definition) is 1. The summed E-state index contributed by atoms with van der Waals surface area (Å²) in [4.78, 5) is 16.4. The van der Waals surface area contributed by atoms with Gasteiger partial charge in [-0.1, -0.05) is 30.3 Å². The first-order valence-corrected chi connectivity index (χ1v) is 7.23. The quantitative estimate of drug-likeness (QED) is 0.772. The van der Waals surface area contributed by atoms with Crippen molar-refractivity contribution >= 4 is 22.5 Å². The molecule has 2 aromatic carbocycles. The second-order valence-electron chi connectivity index (χ2n) is 5.30. The van der Waals surface area contributed by atoms with Gasteiger partial charge in [-0.3, -0.25) is 9.78 Å². The third-order valence-corrected chi connectivity index (χ3v) is 3.54. The number of nitrogens with zero attached hydrogens (tertiary/aromatic N) is 1. The number of carbonyl (C=O) groups is 1. The van der Waals surface area contributed by atoms with Crippen LogP contribution in [0.2, 0.25) is 0 Å². The predicted molar refractivity (Wildman–Crippen MR) is 85.5 cm³/mol. The molecule has 0 unspecified atom stereocenters. The molecule has 0 aliphatic rings. The summed E-state index contributed by atoms with van der Waals surface area (Å²) in [5.74, 6) is -0.396. The summed E-state index contributed by atoms with van der Waals surface area (Å²) >= 11 is 0. The van der Waals surface area contributed by atoms with Gasteiger partial charge in [0, 0.05) is 17.3 Å². The molecule has 1 aromatic heterocycles. The highest BCUT2D eigenvalue weighted by atomic mass is 19.4. The minimum atomic E-state index is -4.44. The summed E-state index contributed by atoms with van der Waals surface area (Å²) in [5, 5.41) is 3.41. The molecule has 0 bridgehead atoms. The van der Waals surface area contributed by atoms with Crippen molar-refractivity contribution < 1.29 is 18.0 Å². The molecule has 122 valence electrons. The van der Waals surface area contributed by atoms with Gasteiger partial charge < -0.3 is 5.32 Å². The lowest BCUT2D eigenvalue weighted by atomic mass is 10.1. The van der Waals surface area contributed by atoms with Gasteiger partial charge in [-0.2, -0.15) is 13.2 Å². The first kappa shape index (κ1) is 16.0. The number of halogens is 3. The molecule has 0 spiro atoms. The Morgan fingerprint density at radius 2 is 1.79 bits per heavy atom. The SMILES string of the molecule is O=C(Cc1cccc2cccnc12)Nc1cccc(C(F)(F)F)c1. The zero-order valence-electron chi connectivity index (χ0n) is 12.5. The Morgan fingerprint density at radius 3 is 2.58 bits per heavy atom. The number of aromatic nitrogens is 1. The Labute approximate surface area is 136 Å². The number of carbonyl (C=O) groups excluding carboxylic acids is 1. The fourth-order valence-electron chi connectivity index (χ4n) is 2.46. The molecule has 0 fully saturated rings. The van der Waals surface area contributed by atoms with Crippen molar-refractivity contribution in [2.75, 3.05) is 5.32 Å². The largest absolute Gasteiger partial charge is 0.416 e. The van der Waals surface area contributed by atoms with Crippen LogP contribution < -0.4 is 5.32 Å². The Bertz CT molecular complexity index is 885. The second kappa shape index (κ2) is 6.31. The molecule has 3 nitrogen and oxygen atoms in total. The minimum Gasteiger partial charge on any atom is -0.326 e. The van der Waals surface area contributed by atoms with E-state index in [1.54, 1.807) is 18.3 Å². The van der Waals surface area contributed by atoms with Crippen LogP contribution in [0.25, 0.3) is 10.9 Å². The normalized spacial score (nSPS) is 11.5. The summed E-state index contributed by atoms with van der Waals surface area (Å²) in [6.07, 6.45) is -2.78. The highest BCUT2D eigenvalue weighted by Crippen LogP contribution is 2.30. The van der Waals surface area contributed by atoms with Gasteiger partial charge in [0.1, 0.15) is 0 Å². The minimum absolute atomic E-state index is 0.0323. The third-order valence-electron chi connectivity index (χ3n) is 3.54. The maximum atomic E-state index is 12.7. The number of fused-ring (bicyclic) bond motifs is 1. The second-order valence-corrected chi connectivity index (χ2v) is 5.30. The Kier molecular flexibility index (Phi) is 4.20. The van der Waals surface area contributed by atoms with E-state index in [4.69, 9.17) is 0 Å². The molecule has 1 heterocycles. The van der Waals surface area contributed by atoms with Gasteiger partial charge in [-0.25, -0.2) is 0 Å². The number of benzene rings is 2. The number of anilines is 1. The van der Waals surface area contributed by atoms with Crippen LogP contribution in [0.5, 0.6) is 0 Å². The van der Waals surface area contributed by atoms with Gasteiger partial charge in [0.25, 0.3) is 0 Å². The van der Waals surface area contributed by atoms with E-state index in [1.807, 2.05) is 18.2 Å². The van der Waals surface area contributed by atoms with Gasteiger partial charge >= 0.3 is 6.18 Å². The van der Waals surface area contributed by atoms with Crippen LogP contribution in [-0.2, 0) is 17.4 Å². The molecular weight excluding hydrogens is 317 g/mol. The average Bonchev–Trinajstić information content (AvgIpc) is 2.54. The van der Waals surface area contributed by atoms with Gasteiger partial charge in [0.15, 0.2) is 0 Å². The third kappa shape index (κ3) is 3.53. The van der Waals surface area contributed by atoms with Crippen LogP contribution in [0.4, 0.5) is 18.9 Å². The van der Waals surface area contributed by atoms with E-state index >= 15 is 0 Å². The van der Waals surface area contributed by atoms with E-state index in [0.29, 0.717) is 5.52 Å². The van der Waals surface area contributed by atoms with Crippen LogP contribution in [0, 0.1) is 0 Å². The zero-order chi connectivity index (χ0) is 17.2. The predicted octanol–water partition coefficient (Wildman–Crippen LogP) is 4.43.